The van der Waals surface area contributed by atoms with Crippen molar-refractivity contribution in [2.24, 2.45) is 5.92 Å². The minimum absolute atomic E-state index is 0.0261. The van der Waals surface area contributed by atoms with Crippen LogP contribution < -0.4 is 0 Å². The molecule has 0 amide bonds. The van der Waals surface area contributed by atoms with Crippen molar-refractivity contribution in [1.29, 1.82) is 0 Å². The first-order valence-corrected chi connectivity index (χ1v) is 8.14. The van der Waals surface area contributed by atoms with Crippen molar-refractivity contribution < 1.29 is 9.84 Å². The number of aliphatic hydroxyl groups excluding tert-OH is 1. The van der Waals surface area contributed by atoms with E-state index >= 15 is 0 Å². The molecule has 1 saturated carbocycles. The van der Waals surface area contributed by atoms with Crippen LogP contribution in [0.15, 0.2) is 24.3 Å². The SMILES string of the molecule is CC1CC(OCC2CCCCC2)C(O)c2ccccc21. The first-order chi connectivity index (χ1) is 9.75. The van der Waals surface area contributed by atoms with E-state index in [0.717, 1.165) is 18.6 Å². The highest BCUT2D eigenvalue weighted by Gasteiger charge is 2.32. The van der Waals surface area contributed by atoms with Gasteiger partial charge in [0.1, 0.15) is 6.10 Å². The fourth-order valence-corrected chi connectivity index (χ4v) is 3.81. The summed E-state index contributed by atoms with van der Waals surface area (Å²) < 4.78 is 6.11. The van der Waals surface area contributed by atoms with Crippen LogP contribution >= 0.6 is 0 Å². The summed E-state index contributed by atoms with van der Waals surface area (Å²) in [6.45, 7) is 3.07. The van der Waals surface area contributed by atoms with E-state index in [-0.39, 0.29) is 6.10 Å². The van der Waals surface area contributed by atoms with Crippen LogP contribution in [0.25, 0.3) is 0 Å². The Morgan fingerprint density at radius 3 is 2.55 bits per heavy atom. The molecular weight excluding hydrogens is 248 g/mol. The average Bonchev–Trinajstić information content (AvgIpc) is 2.50. The fourth-order valence-electron chi connectivity index (χ4n) is 3.81. The summed E-state index contributed by atoms with van der Waals surface area (Å²) in [5, 5.41) is 10.5. The Bertz CT molecular complexity index is 437. The van der Waals surface area contributed by atoms with E-state index in [1.165, 1.54) is 37.7 Å². The van der Waals surface area contributed by atoms with Crippen molar-refractivity contribution in [3.05, 3.63) is 35.4 Å². The number of aliphatic hydroxyl groups is 1. The van der Waals surface area contributed by atoms with Gasteiger partial charge in [-0.15, -0.1) is 0 Å². The van der Waals surface area contributed by atoms with Gasteiger partial charge in [0, 0.05) is 6.61 Å². The van der Waals surface area contributed by atoms with E-state index in [0.29, 0.717) is 11.8 Å². The summed E-state index contributed by atoms with van der Waals surface area (Å²) in [7, 11) is 0. The third-order valence-electron chi connectivity index (χ3n) is 5.05. The number of hydrogen-bond donors (Lipinski definition) is 1. The first kappa shape index (κ1) is 14.1. The Kier molecular flexibility index (Phi) is 4.42. The first-order valence-electron chi connectivity index (χ1n) is 8.14. The standard InChI is InChI=1S/C18H26O2/c1-13-11-17(20-12-14-7-3-2-4-8-14)18(19)16-10-6-5-9-15(13)16/h5-6,9-10,13-14,17-19H,2-4,7-8,11-12H2,1H3. The van der Waals surface area contributed by atoms with Gasteiger partial charge in [0.25, 0.3) is 0 Å². The normalized spacial score (nSPS) is 31.0. The molecule has 0 heterocycles. The quantitative estimate of drug-likeness (QED) is 0.895. The highest BCUT2D eigenvalue weighted by molar-refractivity contribution is 5.35. The van der Waals surface area contributed by atoms with Crippen molar-refractivity contribution >= 4 is 0 Å². The molecule has 2 heteroatoms. The summed E-state index contributed by atoms with van der Waals surface area (Å²) in [6, 6.07) is 8.26. The van der Waals surface area contributed by atoms with Crippen LogP contribution in [0.3, 0.4) is 0 Å². The van der Waals surface area contributed by atoms with Crippen LogP contribution in [0.2, 0.25) is 0 Å². The van der Waals surface area contributed by atoms with Crippen molar-refractivity contribution in [2.75, 3.05) is 6.61 Å². The van der Waals surface area contributed by atoms with E-state index in [1.54, 1.807) is 0 Å². The maximum absolute atomic E-state index is 10.5. The Morgan fingerprint density at radius 1 is 1.10 bits per heavy atom. The van der Waals surface area contributed by atoms with Gasteiger partial charge in [-0.25, -0.2) is 0 Å². The van der Waals surface area contributed by atoms with Crippen LogP contribution in [0.4, 0.5) is 0 Å². The third-order valence-corrected chi connectivity index (χ3v) is 5.05. The zero-order valence-corrected chi connectivity index (χ0v) is 12.4. The topological polar surface area (TPSA) is 29.5 Å². The summed E-state index contributed by atoms with van der Waals surface area (Å²) in [5.74, 6) is 1.19. The number of rotatable bonds is 3. The van der Waals surface area contributed by atoms with Gasteiger partial charge in [-0.1, -0.05) is 50.5 Å². The number of benzene rings is 1. The second kappa shape index (κ2) is 6.28. The second-order valence-corrected chi connectivity index (χ2v) is 6.59. The molecule has 1 aromatic carbocycles. The monoisotopic (exact) mass is 274 g/mol. The van der Waals surface area contributed by atoms with Crippen LogP contribution in [-0.2, 0) is 4.74 Å². The largest absolute Gasteiger partial charge is 0.386 e. The molecule has 0 aromatic heterocycles. The lowest BCUT2D eigenvalue weighted by Gasteiger charge is -2.35. The van der Waals surface area contributed by atoms with Crippen molar-refractivity contribution in [1.82, 2.24) is 0 Å². The average molecular weight is 274 g/mol. The molecule has 20 heavy (non-hydrogen) atoms. The fraction of sp³-hybridized carbons (Fsp3) is 0.667. The Labute approximate surface area is 122 Å². The molecule has 3 unspecified atom stereocenters. The van der Waals surface area contributed by atoms with E-state index in [9.17, 15) is 5.11 Å². The minimum atomic E-state index is -0.453. The van der Waals surface area contributed by atoms with Crippen molar-refractivity contribution in [3.8, 4) is 0 Å². The molecule has 1 aromatic rings. The molecule has 2 nitrogen and oxygen atoms in total. The molecule has 0 saturated heterocycles. The lowest BCUT2D eigenvalue weighted by Crippen LogP contribution is -2.31. The number of hydrogen-bond acceptors (Lipinski definition) is 2. The van der Waals surface area contributed by atoms with Gasteiger partial charge in [0.15, 0.2) is 0 Å². The van der Waals surface area contributed by atoms with E-state index in [4.69, 9.17) is 4.74 Å². The van der Waals surface area contributed by atoms with Gasteiger partial charge in [0.2, 0.25) is 0 Å². The predicted molar refractivity (Wildman–Crippen MR) is 80.7 cm³/mol. The van der Waals surface area contributed by atoms with E-state index in [1.807, 2.05) is 12.1 Å². The molecule has 0 radical (unpaired) electrons. The molecule has 1 fully saturated rings. The number of ether oxygens (including phenoxy) is 1. The molecule has 0 bridgehead atoms. The number of fused-ring (bicyclic) bond motifs is 1. The van der Waals surface area contributed by atoms with Crippen LogP contribution in [0.1, 0.15) is 68.6 Å². The van der Waals surface area contributed by atoms with Gasteiger partial charge in [-0.05, 0) is 42.2 Å². The zero-order valence-electron chi connectivity index (χ0n) is 12.4. The maximum Gasteiger partial charge on any atom is 0.105 e. The highest BCUT2D eigenvalue weighted by atomic mass is 16.5. The van der Waals surface area contributed by atoms with E-state index < -0.39 is 6.10 Å². The Hall–Kier alpha value is -0.860. The summed E-state index contributed by atoms with van der Waals surface area (Å²) in [4.78, 5) is 0. The van der Waals surface area contributed by atoms with Gasteiger partial charge in [-0.2, -0.15) is 0 Å². The van der Waals surface area contributed by atoms with Crippen LogP contribution in [-0.4, -0.2) is 17.8 Å². The molecule has 0 spiro atoms. The zero-order chi connectivity index (χ0) is 13.9. The molecule has 110 valence electrons. The minimum Gasteiger partial charge on any atom is -0.386 e. The molecule has 0 aliphatic heterocycles. The van der Waals surface area contributed by atoms with Gasteiger partial charge in [-0.3, -0.25) is 0 Å². The Morgan fingerprint density at radius 2 is 1.80 bits per heavy atom. The van der Waals surface area contributed by atoms with E-state index in [2.05, 4.69) is 19.1 Å². The molecule has 2 aliphatic carbocycles. The molecule has 3 rings (SSSR count). The smallest absolute Gasteiger partial charge is 0.105 e. The molecule has 1 N–H and O–H groups in total. The van der Waals surface area contributed by atoms with Gasteiger partial charge in [0.05, 0.1) is 6.10 Å². The highest BCUT2D eigenvalue weighted by Crippen LogP contribution is 2.39. The lowest BCUT2D eigenvalue weighted by atomic mass is 9.80. The van der Waals surface area contributed by atoms with Gasteiger partial charge >= 0.3 is 0 Å². The lowest BCUT2D eigenvalue weighted by molar-refractivity contribution is -0.0665. The van der Waals surface area contributed by atoms with Crippen LogP contribution in [0.5, 0.6) is 0 Å². The predicted octanol–water partition coefficient (Wildman–Crippen LogP) is 4.19. The summed E-state index contributed by atoms with van der Waals surface area (Å²) in [5.41, 5.74) is 2.36. The molecule has 2 aliphatic rings. The van der Waals surface area contributed by atoms with Gasteiger partial charge < -0.3 is 9.84 Å². The summed E-state index contributed by atoms with van der Waals surface area (Å²) >= 11 is 0. The maximum atomic E-state index is 10.5. The van der Waals surface area contributed by atoms with Crippen molar-refractivity contribution in [2.45, 2.75) is 63.6 Å². The van der Waals surface area contributed by atoms with Crippen LogP contribution in [0, 0.1) is 5.92 Å². The molecular formula is C18H26O2. The van der Waals surface area contributed by atoms with Crippen molar-refractivity contribution in [3.63, 3.8) is 0 Å². The Balaban J connectivity index is 1.63. The molecule has 3 atom stereocenters. The second-order valence-electron chi connectivity index (χ2n) is 6.59. The summed E-state index contributed by atoms with van der Waals surface area (Å²) in [6.07, 6.45) is 7.13. The third kappa shape index (κ3) is 2.91.